The van der Waals surface area contributed by atoms with Crippen molar-refractivity contribution < 1.29 is 4.74 Å². The molecule has 0 atom stereocenters. The molecule has 0 aliphatic heterocycles. The summed E-state index contributed by atoms with van der Waals surface area (Å²) >= 11 is 6.22. The number of halogens is 1. The molecule has 0 unspecified atom stereocenters. The van der Waals surface area contributed by atoms with Gasteiger partial charge in [-0.25, -0.2) is 0 Å². The van der Waals surface area contributed by atoms with E-state index in [4.69, 9.17) is 16.3 Å². The molecule has 0 saturated heterocycles. The molecule has 4 rings (SSSR count). The first kappa shape index (κ1) is 16.6. The zero-order chi connectivity index (χ0) is 18.3. The number of hydrogen-bond donors (Lipinski definition) is 0. The van der Waals surface area contributed by atoms with Gasteiger partial charge >= 0.3 is 0 Å². The van der Waals surface area contributed by atoms with E-state index in [-0.39, 0.29) is 5.56 Å². The first-order chi connectivity index (χ1) is 12.6. The predicted molar refractivity (Wildman–Crippen MR) is 105 cm³/mol. The Hall–Kier alpha value is -2.85. The van der Waals surface area contributed by atoms with Crippen molar-refractivity contribution in [3.8, 4) is 5.75 Å². The average Bonchev–Trinajstić information content (AvgIpc) is 2.65. The highest BCUT2D eigenvalue weighted by atomic mass is 35.5. The number of methoxy groups -OCH3 is 1. The standard InChI is InChI=1S/C21H17ClN2O2/c1-13-20-18(9-10-23-13)17-8-5-15(22)11-19(17)24(21(20)25)12-14-3-6-16(26-2)7-4-14/h3-11H,12H2,1-2H3. The van der Waals surface area contributed by atoms with Crippen molar-refractivity contribution in [1.82, 2.24) is 9.55 Å². The molecular formula is C21H17ClN2O2. The number of nitrogens with zero attached hydrogens (tertiary/aromatic N) is 2. The number of hydrogen-bond acceptors (Lipinski definition) is 3. The number of aromatic nitrogens is 2. The van der Waals surface area contributed by atoms with Gasteiger partial charge in [0, 0.05) is 16.6 Å². The lowest BCUT2D eigenvalue weighted by atomic mass is 10.1. The maximum Gasteiger partial charge on any atom is 0.261 e. The minimum absolute atomic E-state index is 0.0591. The third kappa shape index (κ3) is 2.72. The molecule has 0 bridgehead atoms. The van der Waals surface area contributed by atoms with Gasteiger partial charge in [-0.3, -0.25) is 9.78 Å². The minimum atomic E-state index is -0.0591. The van der Waals surface area contributed by atoms with Crippen LogP contribution in [0.5, 0.6) is 5.75 Å². The molecule has 5 heteroatoms. The Balaban J connectivity index is 2.02. The first-order valence-corrected chi connectivity index (χ1v) is 8.66. The second kappa shape index (κ2) is 6.46. The molecule has 0 aliphatic carbocycles. The quantitative estimate of drug-likeness (QED) is 0.500. The summed E-state index contributed by atoms with van der Waals surface area (Å²) in [5.74, 6) is 0.785. The zero-order valence-corrected chi connectivity index (χ0v) is 15.2. The van der Waals surface area contributed by atoms with Gasteiger partial charge in [0.1, 0.15) is 5.75 Å². The molecule has 130 valence electrons. The third-order valence-electron chi connectivity index (χ3n) is 4.64. The smallest absolute Gasteiger partial charge is 0.261 e. The van der Waals surface area contributed by atoms with Crippen LogP contribution >= 0.6 is 11.6 Å². The lowest BCUT2D eigenvalue weighted by molar-refractivity contribution is 0.414. The summed E-state index contributed by atoms with van der Waals surface area (Å²) in [6.07, 6.45) is 1.74. The van der Waals surface area contributed by atoms with Crippen molar-refractivity contribution >= 4 is 33.3 Å². The van der Waals surface area contributed by atoms with Crippen LogP contribution in [-0.4, -0.2) is 16.7 Å². The van der Waals surface area contributed by atoms with Gasteiger partial charge in [0.2, 0.25) is 0 Å². The van der Waals surface area contributed by atoms with Gasteiger partial charge in [-0.05, 0) is 48.2 Å². The van der Waals surface area contributed by atoms with E-state index in [0.717, 1.165) is 33.3 Å². The Bertz CT molecular complexity index is 1180. The fraction of sp³-hybridized carbons (Fsp3) is 0.143. The average molecular weight is 365 g/mol. The topological polar surface area (TPSA) is 44.1 Å². The molecule has 0 amide bonds. The number of fused-ring (bicyclic) bond motifs is 3. The van der Waals surface area contributed by atoms with Crippen LogP contribution in [-0.2, 0) is 6.54 Å². The van der Waals surface area contributed by atoms with Crippen molar-refractivity contribution in [2.45, 2.75) is 13.5 Å². The number of pyridine rings is 2. The van der Waals surface area contributed by atoms with Crippen LogP contribution in [0.25, 0.3) is 21.7 Å². The van der Waals surface area contributed by atoms with Gasteiger partial charge in [0.25, 0.3) is 5.56 Å². The molecule has 0 saturated carbocycles. The Morgan fingerprint density at radius 3 is 2.58 bits per heavy atom. The fourth-order valence-electron chi connectivity index (χ4n) is 3.33. The molecule has 4 aromatic rings. The van der Waals surface area contributed by atoms with Gasteiger partial charge in [0.15, 0.2) is 0 Å². The van der Waals surface area contributed by atoms with Crippen molar-refractivity contribution in [1.29, 1.82) is 0 Å². The summed E-state index contributed by atoms with van der Waals surface area (Å²) in [6, 6.07) is 15.2. The Morgan fingerprint density at radius 1 is 1.08 bits per heavy atom. The van der Waals surface area contributed by atoms with Crippen molar-refractivity contribution in [2.24, 2.45) is 0 Å². The van der Waals surface area contributed by atoms with Crippen LogP contribution in [0.3, 0.4) is 0 Å². The lowest BCUT2D eigenvalue weighted by Crippen LogP contribution is -2.22. The van der Waals surface area contributed by atoms with Crippen LogP contribution in [0.2, 0.25) is 5.02 Å². The summed E-state index contributed by atoms with van der Waals surface area (Å²) < 4.78 is 6.97. The maximum absolute atomic E-state index is 13.3. The monoisotopic (exact) mass is 364 g/mol. The van der Waals surface area contributed by atoms with Crippen LogP contribution in [0.1, 0.15) is 11.3 Å². The molecule has 0 spiro atoms. The van der Waals surface area contributed by atoms with Crippen LogP contribution in [0.15, 0.2) is 59.5 Å². The number of aryl methyl sites for hydroxylation is 1. The molecule has 2 aromatic carbocycles. The van der Waals surface area contributed by atoms with E-state index in [1.165, 1.54) is 0 Å². The van der Waals surface area contributed by atoms with E-state index in [2.05, 4.69) is 4.98 Å². The van der Waals surface area contributed by atoms with Gasteiger partial charge < -0.3 is 9.30 Å². The number of ether oxygens (including phenoxy) is 1. The van der Waals surface area contributed by atoms with Crippen molar-refractivity contribution in [3.63, 3.8) is 0 Å². The summed E-state index contributed by atoms with van der Waals surface area (Å²) in [5, 5.41) is 3.14. The van der Waals surface area contributed by atoms with Crippen LogP contribution < -0.4 is 10.3 Å². The first-order valence-electron chi connectivity index (χ1n) is 8.29. The summed E-state index contributed by atoms with van der Waals surface area (Å²) in [7, 11) is 1.63. The summed E-state index contributed by atoms with van der Waals surface area (Å²) in [5.41, 5.74) is 2.50. The highest BCUT2D eigenvalue weighted by Gasteiger charge is 2.14. The minimum Gasteiger partial charge on any atom is -0.497 e. The Labute approximate surface area is 155 Å². The highest BCUT2D eigenvalue weighted by molar-refractivity contribution is 6.31. The molecule has 0 radical (unpaired) electrons. The molecule has 0 fully saturated rings. The molecule has 4 nitrogen and oxygen atoms in total. The van der Waals surface area contributed by atoms with Gasteiger partial charge in [-0.2, -0.15) is 0 Å². The zero-order valence-electron chi connectivity index (χ0n) is 14.5. The molecule has 2 heterocycles. The molecule has 2 aromatic heterocycles. The van der Waals surface area contributed by atoms with Gasteiger partial charge in [-0.15, -0.1) is 0 Å². The summed E-state index contributed by atoms with van der Waals surface area (Å²) in [6.45, 7) is 2.31. The SMILES string of the molecule is COc1ccc(Cn2c(=O)c3c(C)nccc3c3ccc(Cl)cc32)cc1. The van der Waals surface area contributed by atoms with E-state index in [1.54, 1.807) is 17.9 Å². The van der Waals surface area contributed by atoms with E-state index in [9.17, 15) is 4.79 Å². The predicted octanol–water partition coefficient (Wildman–Crippen LogP) is 4.57. The van der Waals surface area contributed by atoms with Crippen molar-refractivity contribution in [2.75, 3.05) is 7.11 Å². The number of rotatable bonds is 3. The maximum atomic E-state index is 13.3. The molecule has 26 heavy (non-hydrogen) atoms. The van der Waals surface area contributed by atoms with E-state index in [0.29, 0.717) is 17.0 Å². The normalized spacial score (nSPS) is 11.2. The second-order valence-corrected chi connectivity index (χ2v) is 6.66. The Morgan fingerprint density at radius 2 is 1.85 bits per heavy atom. The number of benzene rings is 2. The Kier molecular flexibility index (Phi) is 4.13. The van der Waals surface area contributed by atoms with E-state index >= 15 is 0 Å². The second-order valence-electron chi connectivity index (χ2n) is 6.22. The fourth-order valence-corrected chi connectivity index (χ4v) is 3.50. The molecular weight excluding hydrogens is 348 g/mol. The summed E-state index contributed by atoms with van der Waals surface area (Å²) in [4.78, 5) is 17.6. The van der Waals surface area contributed by atoms with E-state index in [1.807, 2.05) is 55.5 Å². The largest absolute Gasteiger partial charge is 0.497 e. The molecule has 0 aliphatic rings. The molecule has 0 N–H and O–H groups in total. The van der Waals surface area contributed by atoms with Crippen LogP contribution in [0.4, 0.5) is 0 Å². The highest BCUT2D eigenvalue weighted by Crippen LogP contribution is 2.27. The van der Waals surface area contributed by atoms with E-state index < -0.39 is 0 Å². The third-order valence-corrected chi connectivity index (χ3v) is 4.88. The van der Waals surface area contributed by atoms with Gasteiger partial charge in [-0.1, -0.05) is 29.8 Å². The van der Waals surface area contributed by atoms with Gasteiger partial charge in [0.05, 0.1) is 30.3 Å². The lowest BCUT2D eigenvalue weighted by Gasteiger charge is -2.14. The van der Waals surface area contributed by atoms with Crippen LogP contribution in [0, 0.1) is 6.92 Å². The van der Waals surface area contributed by atoms with Crippen molar-refractivity contribution in [3.05, 3.63) is 81.4 Å².